The maximum atomic E-state index is 5.55. The van der Waals surface area contributed by atoms with E-state index in [0.717, 1.165) is 38.5 Å². The van der Waals surface area contributed by atoms with E-state index in [4.69, 9.17) is 10.5 Å². The highest BCUT2D eigenvalue weighted by molar-refractivity contribution is 4.70. The van der Waals surface area contributed by atoms with Crippen molar-refractivity contribution in [1.82, 2.24) is 5.32 Å². The molecular formula is C14H30N2O. The summed E-state index contributed by atoms with van der Waals surface area (Å²) in [6.07, 6.45) is 10.8. The van der Waals surface area contributed by atoms with Crippen molar-refractivity contribution in [2.24, 2.45) is 11.7 Å². The Balaban J connectivity index is 2.07. The molecule has 1 atom stereocenters. The normalized spacial score (nSPS) is 19.4. The molecule has 0 aliphatic heterocycles. The second-order valence-electron chi connectivity index (χ2n) is 5.33. The van der Waals surface area contributed by atoms with Gasteiger partial charge >= 0.3 is 0 Å². The second-order valence-corrected chi connectivity index (χ2v) is 5.33. The molecule has 1 unspecified atom stereocenters. The molecule has 1 saturated carbocycles. The third-order valence-electron chi connectivity index (χ3n) is 3.83. The molecule has 3 nitrogen and oxygen atoms in total. The third-order valence-corrected chi connectivity index (χ3v) is 3.83. The average molecular weight is 242 g/mol. The zero-order valence-electron chi connectivity index (χ0n) is 11.4. The van der Waals surface area contributed by atoms with Crippen molar-refractivity contribution in [3.8, 4) is 0 Å². The smallest absolute Gasteiger partial charge is 0.0615 e. The Labute approximate surface area is 106 Å². The number of ether oxygens (including phenoxy) is 1. The summed E-state index contributed by atoms with van der Waals surface area (Å²) in [5.41, 5.74) is 5.55. The van der Waals surface area contributed by atoms with Crippen LogP contribution in [0.1, 0.15) is 51.4 Å². The first-order valence-electron chi connectivity index (χ1n) is 7.29. The molecule has 1 rings (SSSR count). The Kier molecular flexibility index (Phi) is 8.67. The highest BCUT2D eigenvalue weighted by Crippen LogP contribution is 2.25. The number of hydrogen-bond donors (Lipinski definition) is 2. The van der Waals surface area contributed by atoms with Crippen molar-refractivity contribution in [1.29, 1.82) is 0 Å². The molecule has 1 aliphatic rings. The van der Waals surface area contributed by atoms with Crippen molar-refractivity contribution < 1.29 is 4.74 Å². The fraction of sp³-hybridized carbons (Fsp3) is 1.00. The van der Waals surface area contributed by atoms with E-state index in [1.165, 1.54) is 38.5 Å². The van der Waals surface area contributed by atoms with Gasteiger partial charge in [0.25, 0.3) is 0 Å². The molecule has 102 valence electrons. The summed E-state index contributed by atoms with van der Waals surface area (Å²) in [6.45, 7) is 2.73. The van der Waals surface area contributed by atoms with Gasteiger partial charge in [-0.1, -0.05) is 32.1 Å². The lowest BCUT2D eigenvalue weighted by molar-refractivity contribution is 0.160. The van der Waals surface area contributed by atoms with Gasteiger partial charge in [-0.15, -0.1) is 0 Å². The molecule has 0 aromatic rings. The second kappa shape index (κ2) is 9.86. The first-order valence-corrected chi connectivity index (χ1v) is 7.29. The topological polar surface area (TPSA) is 47.3 Å². The minimum absolute atomic E-state index is 0.493. The summed E-state index contributed by atoms with van der Waals surface area (Å²) in [7, 11) is 1.78. The van der Waals surface area contributed by atoms with Gasteiger partial charge < -0.3 is 15.8 Å². The monoisotopic (exact) mass is 242 g/mol. The van der Waals surface area contributed by atoms with Gasteiger partial charge in [0.05, 0.1) is 6.61 Å². The number of nitrogens with one attached hydrogen (secondary N) is 1. The van der Waals surface area contributed by atoms with Gasteiger partial charge in [-0.2, -0.15) is 0 Å². The molecule has 3 heteroatoms. The van der Waals surface area contributed by atoms with Crippen LogP contribution in [0.4, 0.5) is 0 Å². The summed E-state index contributed by atoms with van der Waals surface area (Å²) in [5.74, 6) is 0.967. The average Bonchev–Trinajstić information content (AvgIpc) is 2.37. The zero-order valence-corrected chi connectivity index (χ0v) is 11.4. The molecule has 0 spiro atoms. The van der Waals surface area contributed by atoms with E-state index in [0.29, 0.717) is 6.04 Å². The van der Waals surface area contributed by atoms with Gasteiger partial charge in [0.2, 0.25) is 0 Å². The van der Waals surface area contributed by atoms with Crippen LogP contribution in [0.25, 0.3) is 0 Å². The van der Waals surface area contributed by atoms with Crippen LogP contribution in [0, 0.1) is 5.92 Å². The van der Waals surface area contributed by atoms with Crippen molar-refractivity contribution in [3.05, 3.63) is 0 Å². The predicted octanol–water partition coefficient (Wildman–Crippen LogP) is 2.30. The number of methoxy groups -OCH3 is 1. The largest absolute Gasteiger partial charge is 0.383 e. The standard InChI is InChI=1S/C14H30N2O/c1-17-12-14(8-5-10-15)16-11-9-13-6-3-2-4-7-13/h13-14,16H,2-12,15H2,1H3. The lowest BCUT2D eigenvalue weighted by Gasteiger charge is -2.23. The van der Waals surface area contributed by atoms with Gasteiger partial charge in [0, 0.05) is 13.2 Å². The Morgan fingerprint density at radius 2 is 2.06 bits per heavy atom. The molecule has 3 N–H and O–H groups in total. The molecular weight excluding hydrogens is 212 g/mol. The summed E-state index contributed by atoms with van der Waals surface area (Å²) >= 11 is 0. The Hall–Kier alpha value is -0.120. The molecule has 17 heavy (non-hydrogen) atoms. The highest BCUT2D eigenvalue weighted by atomic mass is 16.5. The van der Waals surface area contributed by atoms with Crippen LogP contribution >= 0.6 is 0 Å². The fourth-order valence-corrected chi connectivity index (χ4v) is 2.78. The number of hydrogen-bond acceptors (Lipinski definition) is 3. The SMILES string of the molecule is COCC(CCCN)NCCC1CCCCC1. The Morgan fingerprint density at radius 1 is 1.29 bits per heavy atom. The van der Waals surface area contributed by atoms with Crippen LogP contribution in [-0.2, 0) is 4.74 Å². The fourth-order valence-electron chi connectivity index (χ4n) is 2.78. The van der Waals surface area contributed by atoms with Crippen molar-refractivity contribution >= 4 is 0 Å². The first-order chi connectivity index (χ1) is 8.36. The van der Waals surface area contributed by atoms with E-state index in [-0.39, 0.29) is 0 Å². The summed E-state index contributed by atoms with van der Waals surface area (Å²) in [6, 6.07) is 0.493. The molecule has 1 fully saturated rings. The van der Waals surface area contributed by atoms with E-state index < -0.39 is 0 Å². The quantitative estimate of drug-likeness (QED) is 0.652. The van der Waals surface area contributed by atoms with Crippen LogP contribution in [0.2, 0.25) is 0 Å². The predicted molar refractivity (Wildman–Crippen MR) is 73.1 cm³/mol. The molecule has 0 aromatic carbocycles. The summed E-state index contributed by atoms with van der Waals surface area (Å²) < 4.78 is 5.24. The van der Waals surface area contributed by atoms with Crippen molar-refractivity contribution in [3.63, 3.8) is 0 Å². The Morgan fingerprint density at radius 3 is 2.71 bits per heavy atom. The minimum Gasteiger partial charge on any atom is -0.383 e. The molecule has 0 radical (unpaired) electrons. The highest BCUT2D eigenvalue weighted by Gasteiger charge is 2.14. The van der Waals surface area contributed by atoms with Crippen molar-refractivity contribution in [2.45, 2.75) is 57.4 Å². The van der Waals surface area contributed by atoms with E-state index in [1.54, 1.807) is 7.11 Å². The zero-order chi connectivity index (χ0) is 12.3. The molecule has 0 heterocycles. The first kappa shape index (κ1) is 14.9. The van der Waals surface area contributed by atoms with Gasteiger partial charge in [-0.05, 0) is 38.3 Å². The van der Waals surface area contributed by atoms with E-state index >= 15 is 0 Å². The van der Waals surface area contributed by atoms with Gasteiger partial charge in [-0.25, -0.2) is 0 Å². The summed E-state index contributed by atoms with van der Waals surface area (Å²) in [4.78, 5) is 0. The van der Waals surface area contributed by atoms with Crippen LogP contribution in [0.15, 0.2) is 0 Å². The third kappa shape index (κ3) is 7.02. The molecule has 0 saturated heterocycles. The minimum atomic E-state index is 0.493. The maximum Gasteiger partial charge on any atom is 0.0615 e. The lowest BCUT2D eigenvalue weighted by Crippen LogP contribution is -2.35. The van der Waals surface area contributed by atoms with Gasteiger partial charge in [0.1, 0.15) is 0 Å². The van der Waals surface area contributed by atoms with Crippen LogP contribution < -0.4 is 11.1 Å². The molecule has 0 amide bonds. The molecule has 0 aromatic heterocycles. The molecule has 0 bridgehead atoms. The maximum absolute atomic E-state index is 5.55. The van der Waals surface area contributed by atoms with Crippen LogP contribution in [0.3, 0.4) is 0 Å². The molecule has 1 aliphatic carbocycles. The van der Waals surface area contributed by atoms with E-state index in [1.807, 2.05) is 0 Å². The van der Waals surface area contributed by atoms with Crippen molar-refractivity contribution in [2.75, 3.05) is 26.8 Å². The number of rotatable bonds is 9. The van der Waals surface area contributed by atoms with E-state index in [9.17, 15) is 0 Å². The van der Waals surface area contributed by atoms with E-state index in [2.05, 4.69) is 5.32 Å². The van der Waals surface area contributed by atoms with Gasteiger partial charge in [0.15, 0.2) is 0 Å². The number of nitrogens with two attached hydrogens (primary N) is 1. The lowest BCUT2D eigenvalue weighted by atomic mass is 9.87. The van der Waals surface area contributed by atoms with Crippen LogP contribution in [-0.4, -0.2) is 32.8 Å². The van der Waals surface area contributed by atoms with Crippen LogP contribution in [0.5, 0.6) is 0 Å². The van der Waals surface area contributed by atoms with Gasteiger partial charge in [-0.3, -0.25) is 0 Å². The summed E-state index contributed by atoms with van der Waals surface area (Å²) in [5, 5.41) is 3.62. The Bertz CT molecular complexity index is 170.